The van der Waals surface area contributed by atoms with Crippen molar-refractivity contribution in [2.45, 2.75) is 45.6 Å². The van der Waals surface area contributed by atoms with E-state index in [0.29, 0.717) is 24.7 Å². The molecule has 1 aromatic carbocycles. The molecule has 0 aliphatic heterocycles. The molecule has 2 N–H and O–H groups in total. The molecule has 3 aromatic rings. The first-order valence-corrected chi connectivity index (χ1v) is 10.8. The number of aryl methyl sites for hydroxylation is 2. The first-order chi connectivity index (χ1) is 14.0. The second-order valence-corrected chi connectivity index (χ2v) is 8.72. The molecule has 0 fully saturated rings. The van der Waals surface area contributed by atoms with Gasteiger partial charge in [-0.1, -0.05) is 25.1 Å². The number of amides is 1. The Kier molecular flexibility index (Phi) is 5.67. The van der Waals surface area contributed by atoms with Gasteiger partial charge < -0.3 is 15.0 Å². The monoisotopic (exact) mass is 411 g/mol. The van der Waals surface area contributed by atoms with Gasteiger partial charge >= 0.3 is 0 Å². The lowest BCUT2D eigenvalue weighted by Crippen LogP contribution is -2.24. The minimum absolute atomic E-state index is 0.0773. The summed E-state index contributed by atoms with van der Waals surface area (Å²) in [6.45, 7) is 2.65. The van der Waals surface area contributed by atoms with Crippen LogP contribution in [0.3, 0.4) is 0 Å². The zero-order chi connectivity index (χ0) is 20.4. The average Bonchev–Trinajstić information content (AvgIpc) is 3.08. The molecule has 29 heavy (non-hydrogen) atoms. The van der Waals surface area contributed by atoms with Crippen LogP contribution in [-0.2, 0) is 30.6 Å². The molecule has 6 nitrogen and oxygen atoms in total. The molecule has 4 rings (SSSR count). The second kappa shape index (κ2) is 8.37. The number of hydrogen-bond acceptors (Lipinski definition) is 5. The van der Waals surface area contributed by atoms with Gasteiger partial charge in [-0.15, -0.1) is 11.3 Å². The molecular formula is C22H25N3O3S. The maximum Gasteiger partial charge on any atom is 0.259 e. The molecule has 0 unspecified atom stereocenters. The van der Waals surface area contributed by atoms with Gasteiger partial charge in [0, 0.05) is 29.8 Å². The van der Waals surface area contributed by atoms with Crippen LogP contribution in [0.25, 0.3) is 10.2 Å². The molecule has 2 heterocycles. The zero-order valence-electron chi connectivity index (χ0n) is 16.7. The van der Waals surface area contributed by atoms with Crippen molar-refractivity contribution in [3.63, 3.8) is 0 Å². The topological polar surface area (TPSA) is 84.1 Å². The Hall–Kier alpha value is -2.67. The first-order valence-electron chi connectivity index (χ1n) is 9.97. The van der Waals surface area contributed by atoms with Gasteiger partial charge in [0.05, 0.1) is 12.5 Å². The van der Waals surface area contributed by atoms with Gasteiger partial charge in [-0.2, -0.15) is 0 Å². The van der Waals surface area contributed by atoms with Gasteiger partial charge in [0.15, 0.2) is 0 Å². The molecule has 0 saturated heterocycles. The standard InChI is InChI=1S/C22H25N3O3S/c1-13-7-8-15-17(11-13)29-22-20(15)21(27)24-18(25-22)9-10-19(26)23-12-14-5-3-4-6-16(14)28-2/h3-6,13H,7-12H2,1-2H3,(H,23,26)(H,24,25,27)/t13-/m0/s1. The van der Waals surface area contributed by atoms with Gasteiger partial charge in [-0.25, -0.2) is 4.98 Å². The van der Waals surface area contributed by atoms with E-state index in [-0.39, 0.29) is 17.9 Å². The third-order valence-electron chi connectivity index (χ3n) is 5.47. The predicted octanol–water partition coefficient (Wildman–Crippen LogP) is 3.37. The molecule has 1 atom stereocenters. The van der Waals surface area contributed by atoms with Crippen LogP contribution in [0, 0.1) is 5.92 Å². The van der Waals surface area contributed by atoms with Crippen molar-refractivity contribution >= 4 is 27.5 Å². The van der Waals surface area contributed by atoms with Crippen LogP contribution in [0.1, 0.15) is 41.6 Å². The van der Waals surface area contributed by atoms with Gasteiger partial charge in [-0.3, -0.25) is 9.59 Å². The summed E-state index contributed by atoms with van der Waals surface area (Å²) < 4.78 is 5.30. The highest BCUT2D eigenvalue weighted by atomic mass is 32.1. The number of methoxy groups -OCH3 is 1. The molecule has 2 aromatic heterocycles. The Balaban J connectivity index is 1.42. The van der Waals surface area contributed by atoms with Gasteiger partial charge in [-0.05, 0) is 36.8 Å². The lowest BCUT2D eigenvalue weighted by Gasteiger charge is -2.17. The number of para-hydroxylation sites is 1. The lowest BCUT2D eigenvalue weighted by atomic mass is 9.89. The molecule has 152 valence electrons. The molecule has 1 aliphatic rings. The number of aromatic nitrogens is 2. The molecule has 1 aliphatic carbocycles. The first kappa shape index (κ1) is 19.6. The molecular weight excluding hydrogens is 386 g/mol. The smallest absolute Gasteiger partial charge is 0.259 e. The van der Waals surface area contributed by atoms with Crippen molar-refractivity contribution in [2.24, 2.45) is 5.92 Å². The van der Waals surface area contributed by atoms with E-state index >= 15 is 0 Å². The zero-order valence-corrected chi connectivity index (χ0v) is 17.5. The third kappa shape index (κ3) is 4.19. The Bertz CT molecular complexity index is 1100. The lowest BCUT2D eigenvalue weighted by molar-refractivity contribution is -0.121. The van der Waals surface area contributed by atoms with Crippen LogP contribution in [0.2, 0.25) is 0 Å². The number of carbonyl (C=O) groups is 1. The molecule has 1 amide bonds. The van der Waals surface area contributed by atoms with E-state index in [0.717, 1.165) is 40.8 Å². The molecule has 0 saturated carbocycles. The quantitative estimate of drug-likeness (QED) is 0.651. The summed E-state index contributed by atoms with van der Waals surface area (Å²) in [5.74, 6) is 1.89. The predicted molar refractivity (Wildman–Crippen MR) is 115 cm³/mol. The van der Waals surface area contributed by atoms with Crippen molar-refractivity contribution in [1.29, 1.82) is 0 Å². The highest BCUT2D eigenvalue weighted by Gasteiger charge is 2.23. The van der Waals surface area contributed by atoms with Crippen molar-refractivity contribution in [3.05, 3.63) is 56.4 Å². The van der Waals surface area contributed by atoms with E-state index in [1.807, 2.05) is 24.3 Å². The number of fused-ring (bicyclic) bond motifs is 3. The summed E-state index contributed by atoms with van der Waals surface area (Å²) in [6, 6.07) is 7.60. The number of nitrogens with zero attached hydrogens (tertiary/aromatic N) is 1. The number of H-pyrrole nitrogens is 1. The van der Waals surface area contributed by atoms with Crippen LogP contribution in [0.15, 0.2) is 29.1 Å². The normalized spacial score (nSPS) is 15.9. The van der Waals surface area contributed by atoms with Crippen molar-refractivity contribution < 1.29 is 9.53 Å². The Morgan fingerprint density at radius 1 is 1.38 bits per heavy atom. The number of nitrogens with one attached hydrogen (secondary N) is 2. The maximum absolute atomic E-state index is 12.6. The van der Waals surface area contributed by atoms with Crippen LogP contribution >= 0.6 is 11.3 Å². The van der Waals surface area contributed by atoms with Crippen LogP contribution in [0.4, 0.5) is 0 Å². The third-order valence-corrected chi connectivity index (χ3v) is 6.62. The number of aromatic amines is 1. The molecule has 0 spiro atoms. The number of carbonyl (C=O) groups excluding carboxylic acids is 1. The van der Waals surface area contributed by atoms with E-state index in [2.05, 4.69) is 22.2 Å². The number of rotatable bonds is 6. The average molecular weight is 412 g/mol. The largest absolute Gasteiger partial charge is 0.496 e. The fraction of sp³-hybridized carbons (Fsp3) is 0.409. The van der Waals surface area contributed by atoms with Crippen LogP contribution in [0.5, 0.6) is 5.75 Å². The number of benzene rings is 1. The minimum Gasteiger partial charge on any atom is -0.496 e. The van der Waals surface area contributed by atoms with Gasteiger partial charge in [0.1, 0.15) is 16.4 Å². The summed E-state index contributed by atoms with van der Waals surface area (Å²) in [4.78, 5) is 34.5. The Morgan fingerprint density at radius 3 is 3.03 bits per heavy atom. The molecule has 7 heteroatoms. The minimum atomic E-state index is -0.0852. The molecule has 0 radical (unpaired) electrons. The van der Waals surface area contributed by atoms with Crippen LogP contribution in [-0.4, -0.2) is 23.0 Å². The Morgan fingerprint density at radius 2 is 2.21 bits per heavy atom. The molecule has 0 bridgehead atoms. The summed E-state index contributed by atoms with van der Waals surface area (Å²) in [5.41, 5.74) is 2.03. The fourth-order valence-corrected chi connectivity index (χ4v) is 5.28. The van der Waals surface area contributed by atoms with E-state index < -0.39 is 0 Å². The fourth-order valence-electron chi connectivity index (χ4n) is 3.87. The summed E-state index contributed by atoms with van der Waals surface area (Å²) in [6.07, 6.45) is 3.77. The van der Waals surface area contributed by atoms with Crippen molar-refractivity contribution in [1.82, 2.24) is 15.3 Å². The van der Waals surface area contributed by atoms with Gasteiger partial charge in [0.25, 0.3) is 5.56 Å². The number of ether oxygens (including phenoxy) is 1. The SMILES string of the molecule is COc1ccccc1CNC(=O)CCc1nc2sc3c(c2c(=O)[nH]1)CC[C@H](C)C3. The second-order valence-electron chi connectivity index (χ2n) is 7.63. The summed E-state index contributed by atoms with van der Waals surface area (Å²) in [7, 11) is 1.61. The van der Waals surface area contributed by atoms with E-state index in [1.165, 1.54) is 10.4 Å². The van der Waals surface area contributed by atoms with E-state index in [9.17, 15) is 9.59 Å². The highest BCUT2D eigenvalue weighted by Crippen LogP contribution is 2.35. The van der Waals surface area contributed by atoms with Crippen LogP contribution < -0.4 is 15.6 Å². The highest BCUT2D eigenvalue weighted by molar-refractivity contribution is 7.18. The van der Waals surface area contributed by atoms with E-state index in [4.69, 9.17) is 4.74 Å². The summed E-state index contributed by atoms with van der Waals surface area (Å²) in [5, 5.41) is 3.66. The van der Waals surface area contributed by atoms with Gasteiger partial charge in [0.2, 0.25) is 5.91 Å². The summed E-state index contributed by atoms with van der Waals surface area (Å²) >= 11 is 1.63. The van der Waals surface area contributed by atoms with Crippen molar-refractivity contribution in [3.8, 4) is 5.75 Å². The number of hydrogen-bond donors (Lipinski definition) is 2. The Labute approximate surface area is 173 Å². The maximum atomic E-state index is 12.6. The number of thiophene rings is 1. The van der Waals surface area contributed by atoms with E-state index in [1.54, 1.807) is 18.4 Å². The van der Waals surface area contributed by atoms with Crippen molar-refractivity contribution in [2.75, 3.05) is 7.11 Å².